The summed E-state index contributed by atoms with van der Waals surface area (Å²) in [7, 11) is 1.96. The van der Waals surface area contributed by atoms with E-state index in [0.29, 0.717) is 12.3 Å². The molecule has 0 saturated carbocycles. The fraction of sp³-hybridized carbons (Fsp3) is 0.222. The van der Waals surface area contributed by atoms with Gasteiger partial charge in [-0.2, -0.15) is 0 Å². The van der Waals surface area contributed by atoms with Crippen molar-refractivity contribution < 1.29 is 24.3 Å². The largest absolute Gasteiger partial charge is 0.545 e. The van der Waals surface area contributed by atoms with Crippen molar-refractivity contribution in [1.82, 2.24) is 4.57 Å². The Kier molecular flexibility index (Phi) is 4.48. The number of nitrogens with zero attached hydrogens (tertiary/aromatic N) is 2. The number of hydrogen-bond donors (Lipinski definition) is 1. The summed E-state index contributed by atoms with van der Waals surface area (Å²) in [5, 5.41) is 20.9. The highest BCUT2D eigenvalue weighted by atomic mass is 16.5. The first-order valence-corrected chi connectivity index (χ1v) is 7.60. The monoisotopic (exact) mass is 326 g/mol. The highest BCUT2D eigenvalue weighted by molar-refractivity contribution is 5.85. The molecule has 1 aromatic heterocycles. The lowest BCUT2D eigenvalue weighted by Crippen LogP contribution is -2.27. The van der Waals surface area contributed by atoms with Crippen LogP contribution < -0.4 is 14.4 Å². The third-order valence-electron chi connectivity index (χ3n) is 3.82. The van der Waals surface area contributed by atoms with E-state index in [1.165, 1.54) is 12.1 Å². The Hall–Kier alpha value is -2.86. The first-order chi connectivity index (χ1) is 11.5. The summed E-state index contributed by atoms with van der Waals surface area (Å²) in [6, 6.07) is 13.9. The average Bonchev–Trinajstić information content (AvgIpc) is 2.90. The van der Waals surface area contributed by atoms with Gasteiger partial charge in [-0.3, -0.25) is 0 Å². The molecule has 2 aromatic carbocycles. The fourth-order valence-electron chi connectivity index (χ4n) is 2.64. The van der Waals surface area contributed by atoms with Gasteiger partial charge in [0.1, 0.15) is 25.0 Å². The summed E-state index contributed by atoms with van der Waals surface area (Å²) >= 11 is 0. The van der Waals surface area contributed by atoms with Crippen molar-refractivity contribution in [2.24, 2.45) is 7.05 Å². The van der Waals surface area contributed by atoms with Crippen molar-refractivity contribution >= 4 is 17.0 Å². The van der Waals surface area contributed by atoms with Crippen molar-refractivity contribution in [3.05, 3.63) is 60.4 Å². The molecule has 0 aliphatic carbocycles. The summed E-state index contributed by atoms with van der Waals surface area (Å²) in [4.78, 5) is 10.7. The number of carbonyl (C=O) groups excluding carboxylic acids is 1. The molecule has 24 heavy (non-hydrogen) atoms. The highest BCUT2D eigenvalue weighted by Crippen LogP contribution is 2.14. The van der Waals surface area contributed by atoms with Crippen molar-refractivity contribution in [3.8, 4) is 5.75 Å². The Morgan fingerprint density at radius 2 is 1.96 bits per heavy atom. The van der Waals surface area contributed by atoms with Crippen LogP contribution in [0.1, 0.15) is 10.4 Å². The molecule has 0 unspecified atom stereocenters. The maximum absolute atomic E-state index is 10.7. The third-order valence-corrected chi connectivity index (χ3v) is 3.82. The van der Waals surface area contributed by atoms with E-state index in [0.717, 1.165) is 11.0 Å². The number of carboxylic acids is 1. The van der Waals surface area contributed by atoms with Gasteiger partial charge in [0.15, 0.2) is 11.0 Å². The minimum atomic E-state index is -1.23. The van der Waals surface area contributed by atoms with Gasteiger partial charge in [-0.15, -0.1) is 0 Å². The molecular formula is C18H18N2O4. The number of rotatable bonds is 6. The number of fused-ring (bicyclic) bond motifs is 1. The topological polar surface area (TPSA) is 78.4 Å². The molecule has 0 saturated heterocycles. The van der Waals surface area contributed by atoms with E-state index in [4.69, 9.17) is 4.74 Å². The number of carboxylic acid groups (broad SMARTS) is 1. The highest BCUT2D eigenvalue weighted by Gasteiger charge is 2.16. The van der Waals surface area contributed by atoms with E-state index in [1.54, 1.807) is 12.1 Å². The predicted molar refractivity (Wildman–Crippen MR) is 85.4 cm³/mol. The molecule has 3 rings (SSSR count). The molecule has 3 aromatic rings. The summed E-state index contributed by atoms with van der Waals surface area (Å²) in [6.45, 7) is 0.513. The van der Waals surface area contributed by atoms with Gasteiger partial charge < -0.3 is 19.7 Å². The van der Waals surface area contributed by atoms with Crippen LogP contribution in [0.5, 0.6) is 5.75 Å². The van der Waals surface area contributed by atoms with Crippen LogP contribution in [-0.2, 0) is 13.6 Å². The van der Waals surface area contributed by atoms with Gasteiger partial charge in [0.25, 0.3) is 0 Å². The molecule has 0 spiro atoms. The van der Waals surface area contributed by atoms with Crippen molar-refractivity contribution in [3.63, 3.8) is 0 Å². The lowest BCUT2D eigenvalue weighted by Gasteiger charge is -2.11. The quantitative estimate of drug-likeness (QED) is 0.660. The second-order valence-electron chi connectivity index (χ2n) is 5.64. The predicted octanol–water partition coefficient (Wildman–Crippen LogP) is 0.269. The molecule has 0 fully saturated rings. The Morgan fingerprint density at radius 1 is 1.25 bits per heavy atom. The maximum Gasteiger partial charge on any atom is 0.244 e. The molecule has 1 N–H and O–H groups in total. The van der Waals surface area contributed by atoms with Crippen LogP contribution in [0.15, 0.2) is 54.9 Å². The van der Waals surface area contributed by atoms with Crippen LogP contribution in [0, 0.1) is 0 Å². The molecule has 0 aliphatic rings. The second kappa shape index (κ2) is 6.72. The molecular weight excluding hydrogens is 308 g/mol. The number of aliphatic hydroxyl groups is 1. The van der Waals surface area contributed by atoms with Crippen LogP contribution in [0.4, 0.5) is 0 Å². The first-order valence-electron chi connectivity index (χ1n) is 7.60. The van der Waals surface area contributed by atoms with E-state index in [9.17, 15) is 15.0 Å². The van der Waals surface area contributed by atoms with E-state index in [1.807, 2.05) is 46.8 Å². The Morgan fingerprint density at radius 3 is 2.67 bits per heavy atom. The third kappa shape index (κ3) is 3.38. The van der Waals surface area contributed by atoms with E-state index in [-0.39, 0.29) is 12.2 Å². The zero-order valence-electron chi connectivity index (χ0n) is 13.3. The van der Waals surface area contributed by atoms with Crippen molar-refractivity contribution in [2.75, 3.05) is 6.61 Å². The zero-order valence-corrected chi connectivity index (χ0v) is 13.3. The Labute approximate surface area is 139 Å². The first kappa shape index (κ1) is 16.0. The Bertz CT molecular complexity index is 855. The number of aromatic carboxylic acids is 1. The number of aromatic nitrogens is 2. The van der Waals surface area contributed by atoms with Gasteiger partial charge in [0, 0.05) is 0 Å². The van der Waals surface area contributed by atoms with Gasteiger partial charge in [-0.05, 0) is 42.0 Å². The van der Waals surface area contributed by atoms with Crippen molar-refractivity contribution in [1.29, 1.82) is 0 Å². The Balaban J connectivity index is 1.63. The molecule has 0 aliphatic heterocycles. The van der Waals surface area contributed by atoms with Gasteiger partial charge in [-0.25, -0.2) is 9.13 Å². The van der Waals surface area contributed by atoms with E-state index in [2.05, 4.69) is 0 Å². The lowest BCUT2D eigenvalue weighted by molar-refractivity contribution is -0.645. The zero-order chi connectivity index (χ0) is 17.1. The number of imidazole rings is 1. The number of benzene rings is 2. The molecule has 0 amide bonds. The molecule has 6 heteroatoms. The number of hydrogen-bond acceptors (Lipinski definition) is 4. The SMILES string of the molecule is C[n+]1cn(C[C@H](O)COc2ccc(C(=O)[O-])cc2)c2ccccc21. The number of aliphatic hydroxyl groups excluding tert-OH is 1. The van der Waals surface area contributed by atoms with E-state index >= 15 is 0 Å². The molecule has 1 atom stereocenters. The minimum Gasteiger partial charge on any atom is -0.545 e. The fourth-order valence-corrected chi connectivity index (χ4v) is 2.64. The maximum atomic E-state index is 10.7. The number of aryl methyl sites for hydroxylation is 1. The van der Waals surface area contributed by atoms with Gasteiger partial charge in [0.2, 0.25) is 6.33 Å². The van der Waals surface area contributed by atoms with Crippen molar-refractivity contribution in [2.45, 2.75) is 12.6 Å². The van der Waals surface area contributed by atoms with Crippen LogP contribution in [0.25, 0.3) is 11.0 Å². The minimum absolute atomic E-state index is 0.0919. The van der Waals surface area contributed by atoms with Crippen LogP contribution in [0.2, 0.25) is 0 Å². The van der Waals surface area contributed by atoms with Gasteiger partial charge in [-0.1, -0.05) is 12.1 Å². The summed E-state index contributed by atoms with van der Waals surface area (Å²) < 4.78 is 9.49. The molecule has 124 valence electrons. The molecule has 1 heterocycles. The second-order valence-corrected chi connectivity index (χ2v) is 5.64. The normalized spacial score (nSPS) is 12.2. The van der Waals surface area contributed by atoms with Crippen LogP contribution in [0.3, 0.4) is 0 Å². The number of para-hydroxylation sites is 2. The number of carbonyl (C=O) groups is 1. The average molecular weight is 326 g/mol. The molecule has 6 nitrogen and oxygen atoms in total. The smallest absolute Gasteiger partial charge is 0.244 e. The lowest BCUT2D eigenvalue weighted by atomic mass is 10.2. The van der Waals surface area contributed by atoms with Crippen LogP contribution >= 0.6 is 0 Å². The molecule has 0 radical (unpaired) electrons. The van der Waals surface area contributed by atoms with Gasteiger partial charge in [0.05, 0.1) is 13.0 Å². The van der Waals surface area contributed by atoms with Crippen LogP contribution in [-0.4, -0.2) is 28.4 Å². The summed E-state index contributed by atoms with van der Waals surface area (Å²) in [6.07, 6.45) is 1.24. The van der Waals surface area contributed by atoms with E-state index < -0.39 is 12.1 Å². The summed E-state index contributed by atoms with van der Waals surface area (Å²) in [5.41, 5.74) is 2.22. The summed E-state index contributed by atoms with van der Waals surface area (Å²) in [5.74, 6) is -0.726. The molecule has 0 bridgehead atoms. The standard InChI is InChI=1S/C18H18N2O4/c1-19-12-20(17-5-3-2-4-16(17)19)10-14(21)11-24-15-8-6-13(7-9-15)18(22)23/h2-9,12,14,21H,10-11H2,1H3/t14-/m0/s1. The van der Waals surface area contributed by atoms with Gasteiger partial charge >= 0.3 is 0 Å². The number of ether oxygens (including phenoxy) is 1.